The quantitative estimate of drug-likeness (QED) is 0.681. The monoisotopic (exact) mass is 273 g/mol. The number of hydrogen-bond donors (Lipinski definition) is 1. The Morgan fingerprint density at radius 2 is 2.15 bits per heavy atom. The van der Waals surface area contributed by atoms with E-state index in [0.717, 1.165) is 24.6 Å². The molecule has 1 N–H and O–H groups in total. The second-order valence-corrected chi connectivity index (χ2v) is 4.73. The molecule has 1 heterocycles. The SMILES string of the molecule is O=C(O)c1ccc(-n2ccc(C3CC3)n2)c([N+](=O)[O-])c1. The number of nitro benzene ring substituents is 1. The predicted octanol–water partition coefficient (Wildman–Crippen LogP) is 2.36. The molecule has 1 aromatic carbocycles. The molecule has 0 unspecified atom stereocenters. The Balaban J connectivity index is 2.06. The molecule has 2 aromatic rings. The van der Waals surface area contributed by atoms with E-state index in [1.165, 1.54) is 16.8 Å². The van der Waals surface area contributed by atoms with Gasteiger partial charge < -0.3 is 5.11 Å². The van der Waals surface area contributed by atoms with E-state index in [-0.39, 0.29) is 16.9 Å². The van der Waals surface area contributed by atoms with Crippen LogP contribution in [0.25, 0.3) is 5.69 Å². The summed E-state index contributed by atoms with van der Waals surface area (Å²) in [5.41, 5.74) is 0.805. The molecule has 0 atom stereocenters. The molecule has 1 aromatic heterocycles. The molecular formula is C13H11N3O4. The zero-order valence-corrected chi connectivity index (χ0v) is 10.4. The standard InChI is InChI=1S/C13H11N3O4/c17-13(18)9-3-4-11(12(7-9)16(19)20)15-6-5-10(14-15)8-1-2-8/h3-8H,1-2H2,(H,17,18). The van der Waals surface area contributed by atoms with E-state index < -0.39 is 10.9 Å². The first-order valence-corrected chi connectivity index (χ1v) is 6.14. The van der Waals surface area contributed by atoms with Gasteiger partial charge in [0, 0.05) is 18.2 Å². The maximum absolute atomic E-state index is 11.1. The van der Waals surface area contributed by atoms with Gasteiger partial charge in [0.05, 0.1) is 16.2 Å². The molecule has 1 fully saturated rings. The number of nitro groups is 1. The van der Waals surface area contributed by atoms with Crippen LogP contribution in [0.1, 0.15) is 34.8 Å². The average Bonchev–Trinajstić information content (AvgIpc) is 3.16. The van der Waals surface area contributed by atoms with Crippen molar-refractivity contribution in [2.45, 2.75) is 18.8 Å². The Hall–Kier alpha value is -2.70. The molecule has 7 heteroatoms. The Labute approximate surface area is 113 Å². The molecule has 0 amide bonds. The van der Waals surface area contributed by atoms with Gasteiger partial charge in [0.2, 0.25) is 0 Å². The predicted molar refractivity (Wildman–Crippen MR) is 69.2 cm³/mol. The lowest BCUT2D eigenvalue weighted by molar-refractivity contribution is -0.384. The molecule has 0 saturated heterocycles. The second kappa shape index (κ2) is 4.44. The highest BCUT2D eigenvalue weighted by Gasteiger charge is 2.27. The van der Waals surface area contributed by atoms with Gasteiger partial charge in [-0.1, -0.05) is 0 Å². The van der Waals surface area contributed by atoms with Gasteiger partial charge in [-0.2, -0.15) is 5.10 Å². The summed E-state index contributed by atoms with van der Waals surface area (Å²) in [6, 6.07) is 5.64. The third kappa shape index (κ3) is 2.13. The molecular weight excluding hydrogens is 262 g/mol. The topological polar surface area (TPSA) is 98.3 Å². The normalized spacial score (nSPS) is 14.2. The van der Waals surface area contributed by atoms with Crippen LogP contribution < -0.4 is 0 Å². The molecule has 0 bridgehead atoms. The number of aromatic carboxylic acids is 1. The van der Waals surface area contributed by atoms with Crippen molar-refractivity contribution >= 4 is 11.7 Å². The van der Waals surface area contributed by atoms with Gasteiger partial charge in [-0.15, -0.1) is 0 Å². The van der Waals surface area contributed by atoms with Crippen LogP contribution in [0.15, 0.2) is 30.5 Å². The van der Waals surface area contributed by atoms with Crippen molar-refractivity contribution < 1.29 is 14.8 Å². The number of nitrogens with zero attached hydrogens (tertiary/aromatic N) is 3. The Bertz CT molecular complexity index is 703. The van der Waals surface area contributed by atoms with Crippen LogP contribution in [-0.4, -0.2) is 25.8 Å². The number of carbonyl (C=O) groups is 1. The van der Waals surface area contributed by atoms with Gasteiger partial charge in [-0.3, -0.25) is 10.1 Å². The van der Waals surface area contributed by atoms with Crippen molar-refractivity contribution in [2.24, 2.45) is 0 Å². The average molecular weight is 273 g/mol. The number of hydrogen-bond acceptors (Lipinski definition) is 4. The van der Waals surface area contributed by atoms with E-state index in [0.29, 0.717) is 5.92 Å². The van der Waals surface area contributed by atoms with Crippen molar-refractivity contribution in [1.82, 2.24) is 9.78 Å². The van der Waals surface area contributed by atoms with Gasteiger partial charge in [-0.25, -0.2) is 9.48 Å². The minimum Gasteiger partial charge on any atom is -0.478 e. The number of carboxylic acid groups (broad SMARTS) is 1. The van der Waals surface area contributed by atoms with Crippen molar-refractivity contribution in [3.8, 4) is 5.69 Å². The van der Waals surface area contributed by atoms with Crippen molar-refractivity contribution in [3.05, 3.63) is 51.8 Å². The number of carboxylic acids is 1. The first kappa shape index (κ1) is 12.3. The highest BCUT2D eigenvalue weighted by Crippen LogP contribution is 2.39. The second-order valence-electron chi connectivity index (χ2n) is 4.73. The van der Waals surface area contributed by atoms with Crippen LogP contribution >= 0.6 is 0 Å². The van der Waals surface area contributed by atoms with E-state index in [1.54, 1.807) is 6.20 Å². The Kier molecular flexibility index (Phi) is 2.74. The first-order valence-electron chi connectivity index (χ1n) is 6.14. The van der Waals surface area contributed by atoms with Crippen molar-refractivity contribution in [3.63, 3.8) is 0 Å². The van der Waals surface area contributed by atoms with Crippen LogP contribution in [-0.2, 0) is 0 Å². The van der Waals surface area contributed by atoms with E-state index in [1.807, 2.05) is 6.07 Å². The molecule has 102 valence electrons. The van der Waals surface area contributed by atoms with Crippen LogP contribution in [0.4, 0.5) is 5.69 Å². The van der Waals surface area contributed by atoms with E-state index in [2.05, 4.69) is 5.10 Å². The van der Waals surface area contributed by atoms with Gasteiger partial charge in [0.25, 0.3) is 5.69 Å². The van der Waals surface area contributed by atoms with Gasteiger partial charge in [0.15, 0.2) is 0 Å². The van der Waals surface area contributed by atoms with E-state index in [4.69, 9.17) is 5.11 Å². The van der Waals surface area contributed by atoms with Gasteiger partial charge in [-0.05, 0) is 31.0 Å². The summed E-state index contributed by atoms with van der Waals surface area (Å²) < 4.78 is 1.43. The summed E-state index contributed by atoms with van der Waals surface area (Å²) >= 11 is 0. The molecule has 1 saturated carbocycles. The maximum Gasteiger partial charge on any atom is 0.335 e. The lowest BCUT2D eigenvalue weighted by Crippen LogP contribution is -2.04. The van der Waals surface area contributed by atoms with E-state index in [9.17, 15) is 14.9 Å². The summed E-state index contributed by atoms with van der Waals surface area (Å²) in [4.78, 5) is 21.4. The molecule has 3 rings (SSSR count). The fraction of sp³-hybridized carbons (Fsp3) is 0.231. The summed E-state index contributed by atoms with van der Waals surface area (Å²) in [5, 5.41) is 24.3. The van der Waals surface area contributed by atoms with Crippen molar-refractivity contribution in [1.29, 1.82) is 0 Å². The minimum atomic E-state index is -1.20. The third-order valence-electron chi connectivity index (χ3n) is 3.27. The largest absolute Gasteiger partial charge is 0.478 e. The number of aromatic nitrogens is 2. The number of rotatable bonds is 4. The molecule has 1 aliphatic rings. The summed E-state index contributed by atoms with van der Waals surface area (Å²) in [5.74, 6) is -0.743. The summed E-state index contributed by atoms with van der Waals surface area (Å²) in [6.07, 6.45) is 3.85. The highest BCUT2D eigenvalue weighted by atomic mass is 16.6. The summed E-state index contributed by atoms with van der Waals surface area (Å²) in [7, 11) is 0. The fourth-order valence-corrected chi connectivity index (χ4v) is 2.07. The van der Waals surface area contributed by atoms with Crippen molar-refractivity contribution in [2.75, 3.05) is 0 Å². The number of benzene rings is 1. The molecule has 1 aliphatic carbocycles. The maximum atomic E-state index is 11.1. The fourth-order valence-electron chi connectivity index (χ4n) is 2.07. The molecule has 0 spiro atoms. The lowest BCUT2D eigenvalue weighted by atomic mass is 10.2. The van der Waals surface area contributed by atoms with Gasteiger partial charge >= 0.3 is 5.97 Å². The minimum absolute atomic E-state index is 0.116. The van der Waals surface area contributed by atoms with Crippen LogP contribution in [0.5, 0.6) is 0 Å². The zero-order chi connectivity index (χ0) is 14.3. The lowest BCUT2D eigenvalue weighted by Gasteiger charge is -2.04. The van der Waals surface area contributed by atoms with Gasteiger partial charge in [0.1, 0.15) is 5.69 Å². The van der Waals surface area contributed by atoms with Crippen LogP contribution in [0, 0.1) is 10.1 Å². The Morgan fingerprint density at radius 1 is 1.40 bits per heavy atom. The Morgan fingerprint density at radius 3 is 2.75 bits per heavy atom. The van der Waals surface area contributed by atoms with Crippen LogP contribution in [0.3, 0.4) is 0 Å². The molecule has 7 nitrogen and oxygen atoms in total. The third-order valence-corrected chi connectivity index (χ3v) is 3.27. The van der Waals surface area contributed by atoms with E-state index >= 15 is 0 Å². The smallest absolute Gasteiger partial charge is 0.335 e. The zero-order valence-electron chi connectivity index (χ0n) is 10.4. The molecule has 20 heavy (non-hydrogen) atoms. The summed E-state index contributed by atoms with van der Waals surface area (Å²) in [6.45, 7) is 0. The highest BCUT2D eigenvalue weighted by molar-refractivity contribution is 5.89. The molecule has 0 radical (unpaired) electrons. The first-order chi connectivity index (χ1) is 9.56. The van der Waals surface area contributed by atoms with Crippen LogP contribution in [0.2, 0.25) is 0 Å². The molecule has 0 aliphatic heterocycles.